The van der Waals surface area contributed by atoms with Crippen LogP contribution in [0.4, 0.5) is 0 Å². The van der Waals surface area contributed by atoms with Gasteiger partial charge in [0.15, 0.2) is 0 Å². The number of imide groups is 1. The SMILES string of the molecule is CC1(C)CC(=O)N(C(C)(C)CCC(=O)O)C1=O. The highest BCUT2D eigenvalue weighted by Gasteiger charge is 2.50. The molecule has 1 aliphatic rings. The van der Waals surface area contributed by atoms with E-state index < -0.39 is 16.9 Å². The van der Waals surface area contributed by atoms with Crippen molar-refractivity contribution in [1.29, 1.82) is 0 Å². The fraction of sp³-hybridized carbons (Fsp3) is 0.750. The molecule has 5 nitrogen and oxygen atoms in total. The van der Waals surface area contributed by atoms with Crippen LogP contribution in [-0.4, -0.2) is 33.3 Å². The third kappa shape index (κ3) is 2.65. The summed E-state index contributed by atoms with van der Waals surface area (Å²) in [5, 5.41) is 8.67. The number of aliphatic carboxylic acids is 1. The molecule has 0 radical (unpaired) electrons. The highest BCUT2D eigenvalue weighted by Crippen LogP contribution is 2.37. The molecule has 1 heterocycles. The summed E-state index contributed by atoms with van der Waals surface area (Å²) in [5.41, 5.74) is -1.40. The van der Waals surface area contributed by atoms with E-state index in [0.29, 0.717) is 0 Å². The lowest BCUT2D eigenvalue weighted by Gasteiger charge is -2.34. The molecule has 0 atom stereocenters. The average Bonchev–Trinajstić information content (AvgIpc) is 2.33. The second-order valence-electron chi connectivity index (χ2n) is 5.80. The zero-order valence-corrected chi connectivity index (χ0v) is 10.7. The summed E-state index contributed by atoms with van der Waals surface area (Å²) in [6, 6.07) is 0. The normalized spacial score (nSPS) is 19.9. The summed E-state index contributed by atoms with van der Waals surface area (Å²) in [6.07, 6.45) is 0.419. The van der Waals surface area contributed by atoms with Gasteiger partial charge in [-0.3, -0.25) is 19.3 Å². The summed E-state index contributed by atoms with van der Waals surface area (Å²) in [6.45, 7) is 6.93. The van der Waals surface area contributed by atoms with E-state index in [1.807, 2.05) is 0 Å². The van der Waals surface area contributed by atoms with Crippen LogP contribution in [0.15, 0.2) is 0 Å². The molecule has 0 aromatic heterocycles. The molecule has 1 aliphatic heterocycles. The Morgan fingerprint density at radius 3 is 2.29 bits per heavy atom. The van der Waals surface area contributed by atoms with Crippen LogP contribution in [-0.2, 0) is 14.4 Å². The van der Waals surface area contributed by atoms with Gasteiger partial charge in [0, 0.05) is 18.4 Å². The van der Waals surface area contributed by atoms with Gasteiger partial charge in [-0.05, 0) is 20.3 Å². The maximum absolute atomic E-state index is 12.1. The molecule has 0 aliphatic carbocycles. The molecular weight excluding hydrogens is 222 g/mol. The first-order valence-corrected chi connectivity index (χ1v) is 5.67. The van der Waals surface area contributed by atoms with Crippen LogP contribution in [0.25, 0.3) is 0 Å². The number of nitrogens with zero attached hydrogens (tertiary/aromatic N) is 1. The molecule has 1 N–H and O–H groups in total. The summed E-state index contributed by atoms with van der Waals surface area (Å²) < 4.78 is 0. The number of carboxylic acid groups (broad SMARTS) is 1. The molecule has 17 heavy (non-hydrogen) atoms. The van der Waals surface area contributed by atoms with Gasteiger partial charge in [0.05, 0.1) is 5.41 Å². The highest BCUT2D eigenvalue weighted by atomic mass is 16.4. The molecule has 1 rings (SSSR count). The van der Waals surface area contributed by atoms with E-state index in [-0.39, 0.29) is 31.1 Å². The number of likely N-dealkylation sites (tertiary alicyclic amines) is 1. The average molecular weight is 241 g/mol. The maximum Gasteiger partial charge on any atom is 0.303 e. The van der Waals surface area contributed by atoms with Crippen molar-refractivity contribution in [3.8, 4) is 0 Å². The van der Waals surface area contributed by atoms with Gasteiger partial charge in [0.25, 0.3) is 0 Å². The lowest BCUT2D eigenvalue weighted by Crippen LogP contribution is -2.48. The first kappa shape index (κ1) is 13.7. The number of hydrogen-bond donors (Lipinski definition) is 1. The van der Waals surface area contributed by atoms with Crippen LogP contribution in [0.3, 0.4) is 0 Å². The summed E-state index contributed by atoms with van der Waals surface area (Å²) >= 11 is 0. The van der Waals surface area contributed by atoms with Crippen molar-refractivity contribution in [2.75, 3.05) is 0 Å². The standard InChI is InChI=1S/C12H19NO4/c1-11(2)7-8(14)13(10(11)17)12(3,4)6-5-9(15)16/h5-7H2,1-4H3,(H,15,16). The van der Waals surface area contributed by atoms with Gasteiger partial charge in [-0.2, -0.15) is 0 Å². The molecule has 0 aromatic carbocycles. The van der Waals surface area contributed by atoms with E-state index in [9.17, 15) is 14.4 Å². The minimum Gasteiger partial charge on any atom is -0.481 e. The molecule has 2 amide bonds. The molecule has 96 valence electrons. The first-order valence-electron chi connectivity index (χ1n) is 5.67. The molecular formula is C12H19NO4. The molecule has 5 heteroatoms. The zero-order valence-electron chi connectivity index (χ0n) is 10.7. The summed E-state index contributed by atoms with van der Waals surface area (Å²) in [7, 11) is 0. The number of carbonyl (C=O) groups excluding carboxylic acids is 2. The predicted octanol–water partition coefficient (Wildman–Crippen LogP) is 1.41. The Morgan fingerprint density at radius 1 is 1.41 bits per heavy atom. The second-order valence-corrected chi connectivity index (χ2v) is 5.80. The van der Waals surface area contributed by atoms with Crippen molar-refractivity contribution in [2.45, 2.75) is 52.5 Å². The fourth-order valence-electron chi connectivity index (χ4n) is 2.09. The van der Waals surface area contributed by atoms with Gasteiger partial charge < -0.3 is 5.11 Å². The van der Waals surface area contributed by atoms with E-state index in [0.717, 1.165) is 0 Å². The Labute approximate surface area is 101 Å². The number of hydrogen-bond acceptors (Lipinski definition) is 3. The molecule has 0 unspecified atom stereocenters. The Hall–Kier alpha value is -1.39. The maximum atomic E-state index is 12.1. The van der Waals surface area contributed by atoms with Crippen molar-refractivity contribution in [3.63, 3.8) is 0 Å². The fourth-order valence-corrected chi connectivity index (χ4v) is 2.09. The van der Waals surface area contributed by atoms with Crippen molar-refractivity contribution in [1.82, 2.24) is 4.90 Å². The number of amides is 2. The first-order chi connectivity index (χ1) is 7.58. The van der Waals surface area contributed by atoms with Crippen molar-refractivity contribution in [3.05, 3.63) is 0 Å². The van der Waals surface area contributed by atoms with E-state index >= 15 is 0 Å². The Morgan fingerprint density at radius 2 is 1.94 bits per heavy atom. The highest BCUT2D eigenvalue weighted by molar-refractivity contribution is 6.06. The smallest absolute Gasteiger partial charge is 0.303 e. The third-order valence-electron chi connectivity index (χ3n) is 3.18. The monoisotopic (exact) mass is 241 g/mol. The van der Waals surface area contributed by atoms with Crippen LogP contribution < -0.4 is 0 Å². The lowest BCUT2D eigenvalue weighted by molar-refractivity contribution is -0.149. The van der Waals surface area contributed by atoms with Gasteiger partial charge in [-0.15, -0.1) is 0 Å². The van der Waals surface area contributed by atoms with Crippen LogP contribution in [0, 0.1) is 5.41 Å². The Kier molecular flexibility index (Phi) is 3.32. The Bertz CT molecular complexity index is 371. The lowest BCUT2D eigenvalue weighted by atomic mass is 9.91. The molecule has 0 bridgehead atoms. The molecule has 0 aromatic rings. The van der Waals surface area contributed by atoms with Crippen LogP contribution in [0.2, 0.25) is 0 Å². The zero-order chi connectivity index (χ0) is 13.4. The van der Waals surface area contributed by atoms with Crippen LogP contribution in [0.1, 0.15) is 47.0 Å². The van der Waals surface area contributed by atoms with Crippen LogP contribution in [0.5, 0.6) is 0 Å². The van der Waals surface area contributed by atoms with Crippen molar-refractivity contribution < 1.29 is 19.5 Å². The second kappa shape index (κ2) is 4.13. The molecule has 0 spiro atoms. The predicted molar refractivity (Wildman–Crippen MR) is 61.2 cm³/mol. The van der Waals surface area contributed by atoms with Gasteiger partial charge in [-0.1, -0.05) is 13.8 Å². The number of carbonyl (C=O) groups is 3. The van der Waals surface area contributed by atoms with Crippen LogP contribution >= 0.6 is 0 Å². The minimum atomic E-state index is -0.920. The number of rotatable bonds is 4. The van der Waals surface area contributed by atoms with Crippen molar-refractivity contribution in [2.24, 2.45) is 5.41 Å². The largest absolute Gasteiger partial charge is 0.481 e. The van der Waals surface area contributed by atoms with Crippen molar-refractivity contribution >= 4 is 17.8 Å². The van der Waals surface area contributed by atoms with Gasteiger partial charge >= 0.3 is 5.97 Å². The van der Waals surface area contributed by atoms with E-state index in [1.54, 1.807) is 27.7 Å². The van der Waals surface area contributed by atoms with Gasteiger partial charge in [-0.25, -0.2) is 0 Å². The van der Waals surface area contributed by atoms with E-state index in [4.69, 9.17) is 5.11 Å². The molecule has 0 saturated carbocycles. The van der Waals surface area contributed by atoms with E-state index in [2.05, 4.69) is 0 Å². The van der Waals surface area contributed by atoms with Gasteiger partial charge in [0.2, 0.25) is 11.8 Å². The third-order valence-corrected chi connectivity index (χ3v) is 3.18. The minimum absolute atomic E-state index is 0.0511. The molecule has 1 saturated heterocycles. The van der Waals surface area contributed by atoms with Gasteiger partial charge in [0.1, 0.15) is 0 Å². The number of carboxylic acids is 1. The van der Waals surface area contributed by atoms with E-state index in [1.165, 1.54) is 4.90 Å². The summed E-state index contributed by atoms with van der Waals surface area (Å²) in [4.78, 5) is 35.7. The quantitative estimate of drug-likeness (QED) is 0.755. The summed E-state index contributed by atoms with van der Waals surface area (Å²) in [5.74, 6) is -1.34. The topological polar surface area (TPSA) is 74.7 Å². The Balaban J connectivity index is 2.88. The molecule has 1 fully saturated rings.